The number of fused-ring (bicyclic) bond motifs is 1. The third-order valence-electron chi connectivity index (χ3n) is 5.67. The molecule has 176 valence electrons. The molecular weight excluding hydrogens is 460 g/mol. The van der Waals surface area contributed by atoms with E-state index in [9.17, 15) is 4.79 Å². The number of nitrogens with zero attached hydrogens (tertiary/aromatic N) is 1. The van der Waals surface area contributed by atoms with Gasteiger partial charge in [-0.15, -0.1) is 11.3 Å². The van der Waals surface area contributed by atoms with E-state index in [0.717, 1.165) is 37.9 Å². The van der Waals surface area contributed by atoms with Crippen LogP contribution in [0.5, 0.6) is 11.5 Å². The van der Waals surface area contributed by atoms with E-state index in [-0.39, 0.29) is 11.7 Å². The summed E-state index contributed by atoms with van der Waals surface area (Å²) in [6, 6.07) is 23.0. The molecule has 5 aromatic rings. The summed E-state index contributed by atoms with van der Waals surface area (Å²) in [7, 11) is 3.24. The number of rotatable bonds is 7. The molecule has 1 amide bonds. The van der Waals surface area contributed by atoms with Gasteiger partial charge in [0, 0.05) is 23.2 Å². The molecule has 0 aliphatic carbocycles. The lowest BCUT2D eigenvalue weighted by Gasteiger charge is -2.09. The van der Waals surface area contributed by atoms with Crippen molar-refractivity contribution in [2.45, 2.75) is 13.3 Å². The molecule has 0 saturated heterocycles. The van der Waals surface area contributed by atoms with Crippen LogP contribution in [0.25, 0.3) is 20.8 Å². The molecule has 35 heavy (non-hydrogen) atoms. The second kappa shape index (κ2) is 9.64. The van der Waals surface area contributed by atoms with Crippen LogP contribution < -0.4 is 14.8 Å². The number of ether oxygens (including phenoxy) is 2. The van der Waals surface area contributed by atoms with Crippen LogP contribution in [0.4, 0.5) is 5.69 Å². The molecule has 0 fully saturated rings. The molecule has 0 atom stereocenters. The van der Waals surface area contributed by atoms with Crippen molar-refractivity contribution in [2.24, 2.45) is 0 Å². The molecule has 2 aromatic heterocycles. The molecule has 2 heterocycles. The van der Waals surface area contributed by atoms with Crippen molar-refractivity contribution in [1.82, 2.24) is 4.98 Å². The third-order valence-corrected chi connectivity index (χ3v) is 6.74. The van der Waals surface area contributed by atoms with Gasteiger partial charge in [0.1, 0.15) is 22.3 Å². The predicted molar refractivity (Wildman–Crippen MR) is 139 cm³/mol. The first-order chi connectivity index (χ1) is 17.0. The summed E-state index contributed by atoms with van der Waals surface area (Å²) in [4.78, 5) is 17.5. The van der Waals surface area contributed by atoms with Crippen molar-refractivity contribution >= 4 is 33.1 Å². The zero-order valence-corrected chi connectivity index (χ0v) is 20.4. The number of aryl methyl sites for hydroxylation is 1. The van der Waals surface area contributed by atoms with Crippen molar-refractivity contribution in [3.63, 3.8) is 0 Å². The van der Waals surface area contributed by atoms with E-state index in [1.165, 1.54) is 5.56 Å². The number of amides is 1. The van der Waals surface area contributed by atoms with Crippen LogP contribution in [0.3, 0.4) is 0 Å². The predicted octanol–water partition coefficient (Wildman–Crippen LogP) is 6.73. The topological polar surface area (TPSA) is 73.6 Å². The van der Waals surface area contributed by atoms with Gasteiger partial charge in [-0.1, -0.05) is 6.07 Å². The average molecular weight is 485 g/mol. The van der Waals surface area contributed by atoms with Crippen LogP contribution in [0.2, 0.25) is 0 Å². The van der Waals surface area contributed by atoms with Crippen LogP contribution in [0.15, 0.2) is 77.2 Å². The highest BCUT2D eigenvalue weighted by Gasteiger charge is 2.14. The molecule has 0 spiro atoms. The van der Waals surface area contributed by atoms with Crippen molar-refractivity contribution in [3.8, 4) is 22.1 Å². The molecule has 0 radical (unpaired) electrons. The molecule has 0 aliphatic rings. The second-order valence-electron chi connectivity index (χ2n) is 8.14. The van der Waals surface area contributed by atoms with Gasteiger partial charge in [0.25, 0.3) is 5.91 Å². The summed E-state index contributed by atoms with van der Waals surface area (Å²) in [6.07, 6.45) is 0.476. The van der Waals surface area contributed by atoms with E-state index < -0.39 is 0 Å². The number of nitrogens with one attached hydrogen (secondary N) is 1. The van der Waals surface area contributed by atoms with Gasteiger partial charge in [-0.3, -0.25) is 4.79 Å². The number of thiazole rings is 1. The number of benzene rings is 3. The van der Waals surface area contributed by atoms with Crippen LogP contribution in [-0.2, 0) is 6.42 Å². The first-order valence-corrected chi connectivity index (χ1v) is 11.9. The normalized spacial score (nSPS) is 10.9. The maximum absolute atomic E-state index is 12.7. The summed E-state index contributed by atoms with van der Waals surface area (Å²) >= 11 is 1.66. The number of carbonyl (C=O) groups is 1. The zero-order chi connectivity index (χ0) is 24.4. The minimum Gasteiger partial charge on any atom is -0.497 e. The quantitative estimate of drug-likeness (QED) is 0.277. The molecule has 1 N–H and O–H groups in total. The summed E-state index contributed by atoms with van der Waals surface area (Å²) in [5.74, 6) is 2.05. The van der Waals surface area contributed by atoms with Crippen molar-refractivity contribution in [2.75, 3.05) is 19.5 Å². The fraction of sp³-hybridized carbons (Fsp3) is 0.143. The summed E-state index contributed by atoms with van der Waals surface area (Å²) < 4.78 is 17.7. The number of hydrogen-bond donors (Lipinski definition) is 1. The Hall–Kier alpha value is -4.10. The number of carbonyl (C=O) groups excluding carboxylic acids is 1. The van der Waals surface area contributed by atoms with Gasteiger partial charge in [0.15, 0.2) is 5.76 Å². The van der Waals surface area contributed by atoms with Crippen LogP contribution in [0.1, 0.15) is 27.4 Å². The molecular formula is C28H24N2O4S. The Kier molecular flexibility index (Phi) is 6.25. The van der Waals surface area contributed by atoms with Crippen molar-refractivity contribution in [1.29, 1.82) is 0 Å². The molecule has 0 unspecified atom stereocenters. The number of anilines is 1. The van der Waals surface area contributed by atoms with Crippen LogP contribution in [0, 0.1) is 6.92 Å². The van der Waals surface area contributed by atoms with Gasteiger partial charge in [0.2, 0.25) is 0 Å². The van der Waals surface area contributed by atoms with Crippen LogP contribution in [-0.4, -0.2) is 25.1 Å². The van der Waals surface area contributed by atoms with Gasteiger partial charge < -0.3 is 19.2 Å². The minimum absolute atomic E-state index is 0.243. The Morgan fingerprint density at radius 2 is 1.80 bits per heavy atom. The Balaban J connectivity index is 1.27. The highest BCUT2D eigenvalue weighted by Crippen LogP contribution is 2.31. The number of furan rings is 1. The number of methoxy groups -OCH3 is 2. The number of aromatic nitrogens is 1. The smallest absolute Gasteiger partial charge is 0.291 e. The molecule has 5 rings (SSSR count). The molecule has 7 heteroatoms. The first kappa shape index (κ1) is 22.7. The maximum Gasteiger partial charge on any atom is 0.291 e. The van der Waals surface area contributed by atoms with Crippen molar-refractivity contribution in [3.05, 3.63) is 95.4 Å². The average Bonchev–Trinajstić information content (AvgIpc) is 3.51. The summed E-state index contributed by atoms with van der Waals surface area (Å²) in [5, 5.41) is 3.85. The lowest BCUT2D eigenvalue weighted by atomic mass is 10.1. The van der Waals surface area contributed by atoms with E-state index in [2.05, 4.69) is 24.4 Å². The summed E-state index contributed by atoms with van der Waals surface area (Å²) in [5.41, 5.74) is 4.81. The third kappa shape index (κ3) is 4.90. The lowest BCUT2D eigenvalue weighted by molar-refractivity contribution is 0.0995. The van der Waals surface area contributed by atoms with E-state index in [1.54, 1.807) is 37.7 Å². The number of hydrogen-bond acceptors (Lipinski definition) is 6. The Labute approximate surface area is 207 Å². The van der Waals surface area contributed by atoms with Gasteiger partial charge in [-0.05, 0) is 79.2 Å². The van der Waals surface area contributed by atoms with Gasteiger partial charge in [-0.25, -0.2) is 4.98 Å². The van der Waals surface area contributed by atoms with E-state index in [1.807, 2.05) is 48.5 Å². The molecule has 0 aliphatic heterocycles. The Morgan fingerprint density at radius 1 is 0.971 bits per heavy atom. The fourth-order valence-corrected chi connectivity index (χ4v) is 4.92. The monoisotopic (exact) mass is 484 g/mol. The first-order valence-electron chi connectivity index (χ1n) is 11.1. The fourth-order valence-electron chi connectivity index (χ4n) is 3.85. The Bertz CT molecular complexity index is 1500. The summed E-state index contributed by atoms with van der Waals surface area (Å²) in [6.45, 7) is 2.08. The largest absolute Gasteiger partial charge is 0.497 e. The zero-order valence-electron chi connectivity index (χ0n) is 19.6. The van der Waals surface area contributed by atoms with E-state index in [0.29, 0.717) is 17.9 Å². The SMILES string of the molecule is COc1ccc(OC)c(Cc2ccc(C(=O)Nc3ccc(-c4nc5ccc(C)cc5s4)cc3)o2)c1. The van der Waals surface area contributed by atoms with Gasteiger partial charge in [0.05, 0.1) is 24.4 Å². The van der Waals surface area contributed by atoms with E-state index >= 15 is 0 Å². The Morgan fingerprint density at radius 3 is 2.57 bits per heavy atom. The lowest BCUT2D eigenvalue weighted by Crippen LogP contribution is -2.10. The van der Waals surface area contributed by atoms with Crippen molar-refractivity contribution < 1.29 is 18.7 Å². The molecule has 0 bridgehead atoms. The van der Waals surface area contributed by atoms with Gasteiger partial charge in [-0.2, -0.15) is 0 Å². The highest BCUT2D eigenvalue weighted by atomic mass is 32.1. The molecule has 6 nitrogen and oxygen atoms in total. The minimum atomic E-state index is -0.308. The standard InChI is InChI=1S/C28H24N2O4S/c1-17-4-11-23-26(14-17)35-28(30-23)18-5-7-20(8-6-18)29-27(31)25-13-10-22(34-25)16-19-15-21(32-2)9-12-24(19)33-3/h4-15H,16H2,1-3H3,(H,29,31). The maximum atomic E-state index is 12.7. The van der Waals surface area contributed by atoms with Crippen LogP contribution >= 0.6 is 11.3 Å². The van der Waals surface area contributed by atoms with Gasteiger partial charge >= 0.3 is 0 Å². The second-order valence-corrected chi connectivity index (χ2v) is 9.17. The molecule has 0 saturated carbocycles. The highest BCUT2D eigenvalue weighted by molar-refractivity contribution is 7.21. The van der Waals surface area contributed by atoms with E-state index in [4.69, 9.17) is 18.9 Å². The molecule has 3 aromatic carbocycles.